The van der Waals surface area contributed by atoms with Crippen molar-refractivity contribution in [3.05, 3.63) is 53.6 Å². The van der Waals surface area contributed by atoms with Crippen molar-refractivity contribution in [2.75, 3.05) is 27.9 Å². The maximum atomic E-state index is 5.53. The van der Waals surface area contributed by atoms with Gasteiger partial charge in [-0.3, -0.25) is 4.99 Å². The lowest BCUT2D eigenvalue weighted by Gasteiger charge is -2.14. The van der Waals surface area contributed by atoms with Crippen LogP contribution < -0.4 is 24.8 Å². The normalized spacial score (nSPS) is 11.0. The minimum Gasteiger partial charge on any atom is -0.494 e. The number of hydrogen-bond donors (Lipinski definition) is 2. The standard InChI is InChI=1S/C20H27N3O3/c1-5-26-17-8-6-7-15(11-17)13-22-20(21-2)23-14-16-9-10-18(24-3)19(12-16)25-4/h6-12H,5,13-14H2,1-4H3,(H2,21,22,23). The van der Waals surface area contributed by atoms with E-state index in [2.05, 4.69) is 21.7 Å². The van der Waals surface area contributed by atoms with Crippen LogP contribution in [-0.4, -0.2) is 33.8 Å². The minimum absolute atomic E-state index is 0.624. The topological polar surface area (TPSA) is 64.1 Å². The molecule has 0 saturated carbocycles. The zero-order valence-corrected chi connectivity index (χ0v) is 15.8. The fourth-order valence-electron chi connectivity index (χ4n) is 2.49. The number of benzene rings is 2. The van der Waals surface area contributed by atoms with Crippen LogP contribution in [-0.2, 0) is 13.1 Å². The Balaban J connectivity index is 1.91. The SMILES string of the molecule is CCOc1cccc(CNC(=NC)NCc2ccc(OC)c(OC)c2)c1. The predicted octanol–water partition coefficient (Wildman–Crippen LogP) is 2.97. The molecule has 0 amide bonds. The van der Waals surface area contributed by atoms with Crippen LogP contribution in [0.3, 0.4) is 0 Å². The third-order valence-corrected chi connectivity index (χ3v) is 3.80. The van der Waals surface area contributed by atoms with Gasteiger partial charge < -0.3 is 24.8 Å². The third kappa shape index (κ3) is 5.58. The first-order valence-corrected chi connectivity index (χ1v) is 8.57. The Labute approximate surface area is 155 Å². The summed E-state index contributed by atoms with van der Waals surface area (Å²) >= 11 is 0. The summed E-state index contributed by atoms with van der Waals surface area (Å²) in [4.78, 5) is 4.26. The molecule has 0 fully saturated rings. The van der Waals surface area contributed by atoms with E-state index in [1.165, 1.54) is 0 Å². The number of aliphatic imine (C=N–C) groups is 1. The first kappa shape index (κ1) is 19.4. The highest BCUT2D eigenvalue weighted by Gasteiger charge is 2.05. The lowest BCUT2D eigenvalue weighted by atomic mass is 10.2. The lowest BCUT2D eigenvalue weighted by molar-refractivity contribution is 0.340. The average Bonchev–Trinajstić information content (AvgIpc) is 2.68. The number of nitrogens with zero attached hydrogens (tertiary/aromatic N) is 1. The molecule has 2 N–H and O–H groups in total. The van der Waals surface area contributed by atoms with Crippen LogP contribution in [0.25, 0.3) is 0 Å². The molecule has 26 heavy (non-hydrogen) atoms. The first-order valence-electron chi connectivity index (χ1n) is 8.57. The van der Waals surface area contributed by atoms with Crippen molar-refractivity contribution in [3.8, 4) is 17.2 Å². The van der Waals surface area contributed by atoms with Crippen LogP contribution in [0.2, 0.25) is 0 Å². The van der Waals surface area contributed by atoms with Crippen molar-refractivity contribution in [3.63, 3.8) is 0 Å². The van der Waals surface area contributed by atoms with Crippen LogP contribution >= 0.6 is 0 Å². The number of ether oxygens (including phenoxy) is 3. The third-order valence-electron chi connectivity index (χ3n) is 3.80. The molecule has 0 aromatic heterocycles. The molecule has 0 saturated heterocycles. The van der Waals surface area contributed by atoms with Gasteiger partial charge in [0.2, 0.25) is 0 Å². The highest BCUT2D eigenvalue weighted by molar-refractivity contribution is 5.79. The minimum atomic E-state index is 0.624. The first-order chi connectivity index (χ1) is 12.7. The zero-order valence-electron chi connectivity index (χ0n) is 15.8. The van der Waals surface area contributed by atoms with Crippen molar-refractivity contribution < 1.29 is 14.2 Å². The van der Waals surface area contributed by atoms with E-state index in [4.69, 9.17) is 14.2 Å². The van der Waals surface area contributed by atoms with E-state index in [1.807, 2.05) is 43.3 Å². The van der Waals surface area contributed by atoms with Crippen molar-refractivity contribution in [2.45, 2.75) is 20.0 Å². The molecule has 0 aliphatic carbocycles. The van der Waals surface area contributed by atoms with Gasteiger partial charge in [-0.15, -0.1) is 0 Å². The molecule has 2 aromatic rings. The van der Waals surface area contributed by atoms with Gasteiger partial charge in [-0.2, -0.15) is 0 Å². The summed E-state index contributed by atoms with van der Waals surface area (Å²) in [6.45, 7) is 3.92. The molecule has 0 radical (unpaired) electrons. The van der Waals surface area contributed by atoms with Crippen LogP contribution in [0, 0.1) is 0 Å². The number of methoxy groups -OCH3 is 2. The zero-order chi connectivity index (χ0) is 18.8. The Bertz CT molecular complexity index is 732. The van der Waals surface area contributed by atoms with Crippen LogP contribution in [0.15, 0.2) is 47.5 Å². The Kier molecular flexibility index (Phi) is 7.61. The maximum Gasteiger partial charge on any atom is 0.191 e. The van der Waals surface area contributed by atoms with Gasteiger partial charge in [0.05, 0.1) is 20.8 Å². The summed E-state index contributed by atoms with van der Waals surface area (Å²) in [5.41, 5.74) is 2.20. The summed E-state index contributed by atoms with van der Waals surface area (Å²) in [5.74, 6) is 3.03. The fraction of sp³-hybridized carbons (Fsp3) is 0.350. The molecule has 0 bridgehead atoms. The maximum absolute atomic E-state index is 5.53. The van der Waals surface area contributed by atoms with Gasteiger partial charge in [0.1, 0.15) is 5.75 Å². The fourth-order valence-corrected chi connectivity index (χ4v) is 2.49. The molecule has 140 valence electrons. The predicted molar refractivity (Wildman–Crippen MR) is 104 cm³/mol. The molecule has 0 aliphatic heterocycles. The summed E-state index contributed by atoms with van der Waals surface area (Å²) in [7, 11) is 5.01. The summed E-state index contributed by atoms with van der Waals surface area (Å²) in [6.07, 6.45) is 0. The molecule has 0 aliphatic rings. The number of rotatable bonds is 8. The van der Waals surface area contributed by atoms with Crippen LogP contribution in [0.4, 0.5) is 0 Å². The number of hydrogen-bond acceptors (Lipinski definition) is 4. The quantitative estimate of drug-likeness (QED) is 0.562. The van der Waals surface area contributed by atoms with Crippen molar-refractivity contribution in [2.24, 2.45) is 4.99 Å². The molecule has 2 aromatic carbocycles. The van der Waals surface area contributed by atoms with Gasteiger partial charge >= 0.3 is 0 Å². The van der Waals surface area contributed by atoms with Gasteiger partial charge in [-0.25, -0.2) is 0 Å². The van der Waals surface area contributed by atoms with E-state index >= 15 is 0 Å². The van der Waals surface area contributed by atoms with Crippen molar-refractivity contribution in [1.82, 2.24) is 10.6 Å². The lowest BCUT2D eigenvalue weighted by Crippen LogP contribution is -2.36. The van der Waals surface area contributed by atoms with Crippen molar-refractivity contribution >= 4 is 5.96 Å². The number of guanidine groups is 1. The second kappa shape index (κ2) is 10.2. The number of nitrogens with one attached hydrogen (secondary N) is 2. The van der Waals surface area contributed by atoms with E-state index in [-0.39, 0.29) is 0 Å². The highest BCUT2D eigenvalue weighted by atomic mass is 16.5. The average molecular weight is 357 g/mol. The van der Waals surface area contributed by atoms with E-state index < -0.39 is 0 Å². The second-order valence-electron chi connectivity index (χ2n) is 5.55. The molecule has 0 atom stereocenters. The molecular formula is C20H27N3O3. The molecule has 6 heteroatoms. The van der Waals surface area contributed by atoms with Gasteiger partial charge in [0.15, 0.2) is 17.5 Å². The Hall–Kier alpha value is -2.89. The Morgan fingerprint density at radius 2 is 1.62 bits per heavy atom. The smallest absolute Gasteiger partial charge is 0.191 e. The largest absolute Gasteiger partial charge is 0.494 e. The molecule has 0 heterocycles. The van der Waals surface area contributed by atoms with E-state index in [0.717, 1.165) is 22.8 Å². The van der Waals surface area contributed by atoms with Crippen LogP contribution in [0.1, 0.15) is 18.1 Å². The van der Waals surface area contributed by atoms with E-state index in [1.54, 1.807) is 21.3 Å². The molecule has 0 spiro atoms. The second-order valence-corrected chi connectivity index (χ2v) is 5.55. The van der Waals surface area contributed by atoms with E-state index in [0.29, 0.717) is 31.2 Å². The summed E-state index contributed by atoms with van der Waals surface area (Å²) < 4.78 is 16.1. The Morgan fingerprint density at radius 3 is 2.23 bits per heavy atom. The molecule has 2 rings (SSSR count). The van der Waals surface area contributed by atoms with Crippen LogP contribution in [0.5, 0.6) is 17.2 Å². The monoisotopic (exact) mass is 357 g/mol. The Morgan fingerprint density at radius 1 is 0.923 bits per heavy atom. The molecule has 0 unspecified atom stereocenters. The van der Waals surface area contributed by atoms with Crippen molar-refractivity contribution in [1.29, 1.82) is 0 Å². The molecule has 6 nitrogen and oxygen atoms in total. The molecular weight excluding hydrogens is 330 g/mol. The van der Waals surface area contributed by atoms with Gasteiger partial charge in [0, 0.05) is 20.1 Å². The highest BCUT2D eigenvalue weighted by Crippen LogP contribution is 2.27. The van der Waals surface area contributed by atoms with Gasteiger partial charge in [-0.05, 0) is 42.3 Å². The van der Waals surface area contributed by atoms with Gasteiger partial charge in [0.25, 0.3) is 0 Å². The van der Waals surface area contributed by atoms with E-state index in [9.17, 15) is 0 Å². The summed E-state index contributed by atoms with van der Waals surface area (Å²) in [5, 5.41) is 6.60. The van der Waals surface area contributed by atoms with Gasteiger partial charge in [-0.1, -0.05) is 18.2 Å². The summed E-state index contributed by atoms with van der Waals surface area (Å²) in [6, 6.07) is 13.9.